The summed E-state index contributed by atoms with van der Waals surface area (Å²) in [5, 5.41) is 2.98. The van der Waals surface area contributed by atoms with Gasteiger partial charge in [0.25, 0.3) is 5.91 Å². The Morgan fingerprint density at radius 2 is 1.90 bits per heavy atom. The van der Waals surface area contributed by atoms with Gasteiger partial charge in [0.1, 0.15) is 17.7 Å². The van der Waals surface area contributed by atoms with E-state index in [1.165, 1.54) is 6.33 Å². The molecule has 31 heavy (non-hydrogen) atoms. The molecule has 160 valence electrons. The zero-order valence-electron chi connectivity index (χ0n) is 18.0. The molecular weight excluding hydrogens is 393 g/mol. The molecule has 3 heterocycles. The van der Waals surface area contributed by atoms with Crippen LogP contribution in [0.2, 0.25) is 0 Å². The van der Waals surface area contributed by atoms with E-state index in [9.17, 15) is 9.18 Å². The number of nitrogens with zero attached hydrogens (tertiary/aromatic N) is 4. The minimum atomic E-state index is -1.30. The minimum Gasteiger partial charge on any atom is -0.351 e. The molecule has 1 aliphatic heterocycles. The van der Waals surface area contributed by atoms with Crippen LogP contribution in [0.3, 0.4) is 0 Å². The quantitative estimate of drug-likeness (QED) is 0.640. The van der Waals surface area contributed by atoms with Crippen molar-refractivity contribution in [1.82, 2.24) is 15.0 Å². The first-order valence-electron chi connectivity index (χ1n) is 10.5. The highest BCUT2D eigenvalue weighted by Gasteiger charge is 2.36. The molecule has 0 spiro atoms. The second-order valence-electron chi connectivity index (χ2n) is 8.45. The van der Waals surface area contributed by atoms with E-state index in [0.29, 0.717) is 35.7 Å². The highest BCUT2D eigenvalue weighted by atomic mass is 19.1. The van der Waals surface area contributed by atoms with Crippen molar-refractivity contribution in [2.24, 2.45) is 0 Å². The predicted octanol–water partition coefficient (Wildman–Crippen LogP) is 4.85. The lowest BCUT2D eigenvalue weighted by molar-refractivity contribution is 0.102. The Morgan fingerprint density at radius 3 is 2.52 bits per heavy atom. The van der Waals surface area contributed by atoms with E-state index in [1.807, 2.05) is 41.3 Å². The summed E-state index contributed by atoms with van der Waals surface area (Å²) in [6.45, 7) is 6.43. The van der Waals surface area contributed by atoms with Crippen LogP contribution in [0.25, 0.3) is 11.3 Å². The molecular formula is C24H26FN5O. The second kappa shape index (κ2) is 8.41. The fourth-order valence-corrected chi connectivity index (χ4v) is 3.72. The Morgan fingerprint density at radius 1 is 1.13 bits per heavy atom. The van der Waals surface area contributed by atoms with Gasteiger partial charge in [0.15, 0.2) is 5.82 Å². The van der Waals surface area contributed by atoms with Gasteiger partial charge in [0, 0.05) is 30.4 Å². The van der Waals surface area contributed by atoms with Gasteiger partial charge >= 0.3 is 0 Å². The summed E-state index contributed by atoms with van der Waals surface area (Å²) >= 11 is 0. The van der Waals surface area contributed by atoms with E-state index in [0.717, 1.165) is 11.3 Å². The van der Waals surface area contributed by atoms with Gasteiger partial charge in [0.2, 0.25) is 0 Å². The van der Waals surface area contributed by atoms with Crippen molar-refractivity contribution in [2.45, 2.75) is 38.8 Å². The fourth-order valence-electron chi connectivity index (χ4n) is 3.72. The smallest absolute Gasteiger partial charge is 0.257 e. The zero-order chi connectivity index (χ0) is 22.0. The van der Waals surface area contributed by atoms with Gasteiger partial charge in [-0.15, -0.1) is 0 Å². The maximum Gasteiger partial charge on any atom is 0.257 e. The molecule has 0 radical (unpaired) electrons. The van der Waals surface area contributed by atoms with E-state index in [1.54, 1.807) is 19.2 Å². The topological polar surface area (TPSA) is 71.0 Å². The molecule has 0 saturated carbocycles. The number of alkyl halides is 1. The highest BCUT2D eigenvalue weighted by Crippen LogP contribution is 2.37. The Labute approximate surface area is 181 Å². The van der Waals surface area contributed by atoms with Gasteiger partial charge in [0.05, 0.1) is 17.8 Å². The first-order valence-corrected chi connectivity index (χ1v) is 10.5. The van der Waals surface area contributed by atoms with Crippen LogP contribution in [-0.2, 0) is 0 Å². The third kappa shape index (κ3) is 4.55. The molecule has 3 aromatic rings. The Hall–Kier alpha value is -3.35. The second-order valence-corrected chi connectivity index (χ2v) is 8.45. The van der Waals surface area contributed by atoms with E-state index >= 15 is 0 Å². The molecule has 4 rings (SSSR count). The van der Waals surface area contributed by atoms with Crippen LogP contribution >= 0.6 is 0 Å². The third-order valence-electron chi connectivity index (χ3n) is 5.48. The van der Waals surface area contributed by atoms with Crippen molar-refractivity contribution in [2.75, 3.05) is 23.3 Å². The summed E-state index contributed by atoms with van der Waals surface area (Å²) < 4.78 is 14.6. The van der Waals surface area contributed by atoms with Gasteiger partial charge in [-0.05, 0) is 25.0 Å². The fraction of sp³-hybridized carbons (Fsp3) is 0.333. The van der Waals surface area contributed by atoms with E-state index in [2.05, 4.69) is 34.1 Å². The lowest BCUT2D eigenvalue weighted by Gasteiger charge is -2.23. The number of rotatable bonds is 5. The number of halogens is 1. The zero-order valence-corrected chi connectivity index (χ0v) is 18.0. The van der Waals surface area contributed by atoms with Gasteiger partial charge in [-0.2, -0.15) is 0 Å². The molecule has 1 aliphatic rings. The number of pyridine rings is 1. The molecule has 0 aliphatic carbocycles. The molecule has 7 heteroatoms. The van der Waals surface area contributed by atoms with Crippen molar-refractivity contribution in [3.8, 4) is 11.3 Å². The van der Waals surface area contributed by atoms with Crippen LogP contribution in [0.15, 0.2) is 55.0 Å². The van der Waals surface area contributed by atoms with Crippen molar-refractivity contribution >= 4 is 17.4 Å². The van der Waals surface area contributed by atoms with Crippen LogP contribution < -0.4 is 10.2 Å². The van der Waals surface area contributed by atoms with Crippen molar-refractivity contribution in [3.05, 3.63) is 66.2 Å². The van der Waals surface area contributed by atoms with Gasteiger partial charge in [-0.1, -0.05) is 44.2 Å². The first kappa shape index (κ1) is 20.9. The van der Waals surface area contributed by atoms with Crippen LogP contribution in [0.5, 0.6) is 0 Å². The number of aromatic nitrogens is 3. The summed E-state index contributed by atoms with van der Waals surface area (Å²) in [7, 11) is 0. The van der Waals surface area contributed by atoms with Crippen LogP contribution in [-0.4, -0.2) is 39.6 Å². The number of hydrogen-bond acceptors (Lipinski definition) is 5. The number of hydrogen-bond donors (Lipinski definition) is 1. The number of carbonyl (C=O) groups excluding carboxylic acids is 1. The van der Waals surface area contributed by atoms with Gasteiger partial charge in [-0.25, -0.2) is 14.4 Å². The van der Waals surface area contributed by atoms with Crippen LogP contribution in [0, 0.1) is 0 Å². The average Bonchev–Trinajstić information content (AvgIpc) is 3.14. The van der Waals surface area contributed by atoms with Crippen LogP contribution in [0.4, 0.5) is 15.9 Å². The minimum absolute atomic E-state index is 0.214. The molecule has 1 N–H and O–H groups in total. The number of amides is 1. The first-order chi connectivity index (χ1) is 14.8. The molecule has 1 atom stereocenters. The molecule has 1 amide bonds. The van der Waals surface area contributed by atoms with Gasteiger partial charge in [-0.3, -0.25) is 9.78 Å². The third-order valence-corrected chi connectivity index (χ3v) is 5.48. The number of benzene rings is 1. The molecule has 0 bridgehead atoms. The van der Waals surface area contributed by atoms with Crippen molar-refractivity contribution < 1.29 is 9.18 Å². The molecule has 1 saturated heterocycles. The Balaban J connectivity index is 1.72. The average molecular weight is 420 g/mol. The predicted molar refractivity (Wildman–Crippen MR) is 120 cm³/mol. The van der Waals surface area contributed by atoms with E-state index < -0.39 is 5.67 Å². The Kier molecular flexibility index (Phi) is 5.67. The number of nitrogens with one attached hydrogen (secondary N) is 1. The lowest BCUT2D eigenvalue weighted by atomic mass is 10.1. The monoisotopic (exact) mass is 419 g/mol. The SMILES string of the molecule is CC(C)c1ccc(C(=O)Nc2c(-c3ccccc3)ncnc2N2CCC(C)(F)C2)cn1. The van der Waals surface area contributed by atoms with Crippen LogP contribution in [0.1, 0.15) is 49.2 Å². The van der Waals surface area contributed by atoms with E-state index in [4.69, 9.17) is 0 Å². The summed E-state index contributed by atoms with van der Waals surface area (Å²) in [4.78, 5) is 28.2. The standard InChI is InChI=1S/C24H26FN5O/c1-16(2)19-10-9-18(13-26-19)23(31)29-21-20(17-7-5-4-6-8-17)27-15-28-22(21)30-12-11-24(3,25)14-30/h4-10,13,15-16H,11-12,14H2,1-3H3,(H,29,31). The van der Waals surface area contributed by atoms with Crippen molar-refractivity contribution in [3.63, 3.8) is 0 Å². The largest absolute Gasteiger partial charge is 0.351 e. The number of anilines is 2. The lowest BCUT2D eigenvalue weighted by Crippen LogP contribution is -2.28. The Bertz CT molecular complexity index is 1070. The molecule has 1 aromatic carbocycles. The summed E-state index contributed by atoms with van der Waals surface area (Å²) in [6.07, 6.45) is 3.44. The number of carbonyl (C=O) groups is 1. The van der Waals surface area contributed by atoms with E-state index in [-0.39, 0.29) is 18.4 Å². The molecule has 2 aromatic heterocycles. The molecule has 1 fully saturated rings. The summed E-state index contributed by atoms with van der Waals surface area (Å²) in [5.74, 6) is 0.495. The van der Waals surface area contributed by atoms with Crippen molar-refractivity contribution in [1.29, 1.82) is 0 Å². The molecule has 6 nitrogen and oxygen atoms in total. The molecule has 1 unspecified atom stereocenters. The summed E-state index contributed by atoms with van der Waals surface area (Å²) in [6, 6.07) is 13.2. The maximum absolute atomic E-state index is 14.6. The van der Waals surface area contributed by atoms with Gasteiger partial charge < -0.3 is 10.2 Å². The highest BCUT2D eigenvalue weighted by molar-refractivity contribution is 6.07. The maximum atomic E-state index is 14.6. The summed E-state index contributed by atoms with van der Waals surface area (Å²) in [5.41, 5.74) is 1.98. The normalized spacial score (nSPS) is 18.4.